The smallest absolute Gasteiger partial charge is 0.251 e. The standard InChI is InChI=1S/C56H74N8O6/c1-11-33(2)50(66)62-49(56(7,8)9)54(70)64-32-40(27-42(64)25-38-30-59-47-19-15-13-17-44(38)47)61-52(68)36-22-20-35(21-23-36)51(67)60-39-26-41(24-37-29-58-46-18-14-12-16-43(37)46)63(31-39)53(69)45(55(4,5)6)28-48(65)34(3)57-10/h12-23,29-30,33-34,39-42,45,49,57-59H,11,24-28,31-32H2,1-10H3,(H,60,67)(H,61,68)(H,62,66)/t33-,34+,39+,40+,41-,42-,45-,49-/m1/s1. The Morgan fingerprint density at radius 1 is 0.657 bits per heavy atom. The predicted octanol–water partition coefficient (Wildman–Crippen LogP) is 7.34. The Morgan fingerprint density at radius 2 is 1.11 bits per heavy atom. The van der Waals surface area contributed by atoms with Crippen molar-refractivity contribution in [2.75, 3.05) is 20.1 Å². The van der Waals surface area contributed by atoms with Crippen molar-refractivity contribution in [3.63, 3.8) is 0 Å². The minimum Gasteiger partial charge on any atom is -0.361 e. The average molecular weight is 955 g/mol. The van der Waals surface area contributed by atoms with E-state index in [9.17, 15) is 28.8 Å². The van der Waals surface area contributed by atoms with Crippen LogP contribution in [-0.4, -0.2) is 111 Å². The molecule has 2 aliphatic heterocycles. The molecule has 2 saturated heterocycles. The third-order valence-electron chi connectivity index (χ3n) is 14.9. The van der Waals surface area contributed by atoms with Crippen LogP contribution >= 0.6 is 0 Å². The Morgan fingerprint density at radius 3 is 1.54 bits per heavy atom. The number of rotatable bonds is 17. The van der Waals surface area contributed by atoms with Crippen LogP contribution in [0.1, 0.15) is 120 Å². The number of nitrogens with zero attached hydrogens (tertiary/aromatic N) is 2. The lowest BCUT2D eigenvalue weighted by molar-refractivity contribution is -0.143. The number of aromatic amines is 2. The molecule has 2 fully saturated rings. The molecule has 0 bridgehead atoms. The van der Waals surface area contributed by atoms with Crippen LogP contribution in [-0.2, 0) is 32.0 Å². The van der Waals surface area contributed by atoms with Crippen molar-refractivity contribution in [2.24, 2.45) is 22.7 Å². The van der Waals surface area contributed by atoms with E-state index < -0.39 is 22.8 Å². The monoisotopic (exact) mass is 955 g/mol. The quantitative estimate of drug-likeness (QED) is 0.0563. The number of hydrogen-bond donors (Lipinski definition) is 6. The molecule has 0 unspecified atom stereocenters. The maximum Gasteiger partial charge on any atom is 0.251 e. The van der Waals surface area contributed by atoms with Gasteiger partial charge < -0.3 is 41.0 Å². The molecule has 8 atom stereocenters. The van der Waals surface area contributed by atoms with Crippen LogP contribution in [0, 0.1) is 22.7 Å². The number of carbonyl (C=O) groups is 6. The third kappa shape index (κ3) is 11.7. The number of para-hydroxylation sites is 2. The zero-order valence-electron chi connectivity index (χ0n) is 42.7. The number of nitrogens with one attached hydrogen (secondary N) is 6. The SMILES string of the molecule is CC[C@@H](C)C(=O)N[C@H](C(=O)N1C[C@@H](NC(=O)c2ccc(C(=O)N[C@H]3C[C@@H](Cc4c[nH]c5ccccc45)N(C(=O)[C@@H](CC(=O)[C@H](C)NC)C(C)(C)C)C3)cc2)C[C@H]1Cc1c[nH]c2ccccc12)C(C)(C)C. The van der Waals surface area contributed by atoms with Gasteiger partial charge >= 0.3 is 0 Å². The van der Waals surface area contributed by atoms with Crippen molar-refractivity contribution in [3.05, 3.63) is 107 Å². The fraction of sp³-hybridized carbons (Fsp3) is 0.500. The van der Waals surface area contributed by atoms with E-state index in [1.165, 1.54) is 0 Å². The lowest BCUT2D eigenvalue weighted by Gasteiger charge is -2.36. The highest BCUT2D eigenvalue weighted by Gasteiger charge is 2.45. The molecule has 14 heteroatoms. The molecule has 0 aliphatic carbocycles. The summed E-state index contributed by atoms with van der Waals surface area (Å²) in [5.41, 5.74) is 3.84. The lowest BCUT2D eigenvalue weighted by Crippen LogP contribution is -2.57. The second-order valence-corrected chi connectivity index (χ2v) is 22.0. The second kappa shape index (κ2) is 21.4. The molecule has 4 heterocycles. The number of hydrogen-bond acceptors (Lipinski definition) is 7. The largest absolute Gasteiger partial charge is 0.361 e. The van der Waals surface area contributed by atoms with Gasteiger partial charge in [0.1, 0.15) is 11.8 Å². The molecule has 70 heavy (non-hydrogen) atoms. The molecule has 3 aromatic carbocycles. The van der Waals surface area contributed by atoms with Crippen LogP contribution in [0.15, 0.2) is 85.2 Å². The zero-order valence-corrected chi connectivity index (χ0v) is 42.7. The summed E-state index contributed by atoms with van der Waals surface area (Å²) in [6.07, 6.45) is 6.90. The number of H-pyrrole nitrogens is 2. The van der Waals surface area contributed by atoms with Gasteiger partial charge in [0.2, 0.25) is 17.7 Å². The van der Waals surface area contributed by atoms with Gasteiger partial charge in [-0.15, -0.1) is 0 Å². The number of fused-ring (bicyclic) bond motifs is 2. The lowest BCUT2D eigenvalue weighted by atomic mass is 9.76. The van der Waals surface area contributed by atoms with Crippen molar-refractivity contribution >= 4 is 57.1 Å². The van der Waals surface area contributed by atoms with E-state index in [2.05, 4.69) is 43.4 Å². The highest BCUT2D eigenvalue weighted by Crippen LogP contribution is 2.36. The summed E-state index contributed by atoms with van der Waals surface area (Å²) in [6, 6.07) is 20.3. The molecule has 0 spiro atoms. The average Bonchev–Trinajstić information content (AvgIpc) is 4.14. The van der Waals surface area contributed by atoms with Crippen LogP contribution in [0.4, 0.5) is 0 Å². The van der Waals surface area contributed by atoms with Crippen LogP contribution in [0.25, 0.3) is 21.8 Å². The van der Waals surface area contributed by atoms with E-state index in [0.717, 1.165) is 32.9 Å². The van der Waals surface area contributed by atoms with Crippen molar-refractivity contribution in [1.29, 1.82) is 0 Å². The maximum absolute atomic E-state index is 14.7. The first kappa shape index (κ1) is 51.6. The predicted molar refractivity (Wildman–Crippen MR) is 275 cm³/mol. The minimum atomic E-state index is -0.769. The second-order valence-electron chi connectivity index (χ2n) is 22.0. The maximum atomic E-state index is 14.7. The summed E-state index contributed by atoms with van der Waals surface area (Å²) in [6.45, 7) is 18.0. The first-order valence-electron chi connectivity index (χ1n) is 25.1. The molecule has 5 aromatic rings. The summed E-state index contributed by atoms with van der Waals surface area (Å²) >= 11 is 0. The molecule has 14 nitrogen and oxygen atoms in total. The molecule has 0 saturated carbocycles. The molecule has 7 rings (SSSR count). The van der Waals surface area contributed by atoms with E-state index in [0.29, 0.717) is 49.8 Å². The number of benzene rings is 3. The minimum absolute atomic E-state index is 0.0236. The Bertz CT molecular complexity index is 2510. The normalized spacial score (nSPS) is 20.3. The third-order valence-corrected chi connectivity index (χ3v) is 14.9. The highest BCUT2D eigenvalue weighted by atomic mass is 16.2. The molecule has 374 valence electrons. The zero-order chi connectivity index (χ0) is 50.7. The molecule has 2 aromatic heterocycles. The van der Waals surface area contributed by atoms with Gasteiger partial charge in [0.25, 0.3) is 11.8 Å². The summed E-state index contributed by atoms with van der Waals surface area (Å²) in [5, 5.41) is 14.6. The van der Waals surface area contributed by atoms with E-state index in [1.54, 1.807) is 31.3 Å². The Hall–Kier alpha value is -6.28. The summed E-state index contributed by atoms with van der Waals surface area (Å²) in [7, 11) is 1.74. The molecular formula is C56H74N8O6. The number of likely N-dealkylation sites (tertiary alicyclic amines) is 2. The number of likely N-dealkylation sites (N-methyl/N-ethyl adjacent to an activating group) is 1. The van der Waals surface area contributed by atoms with Crippen molar-refractivity contribution < 1.29 is 28.8 Å². The van der Waals surface area contributed by atoms with Gasteiger partial charge in [-0.25, -0.2) is 0 Å². The highest BCUT2D eigenvalue weighted by molar-refractivity contribution is 5.98. The van der Waals surface area contributed by atoms with Gasteiger partial charge in [-0.1, -0.05) is 91.8 Å². The number of ketones is 1. The van der Waals surface area contributed by atoms with Crippen LogP contribution < -0.4 is 21.3 Å². The number of carbonyl (C=O) groups excluding carboxylic acids is 6. The van der Waals surface area contributed by atoms with Crippen molar-refractivity contribution in [1.82, 2.24) is 41.0 Å². The van der Waals surface area contributed by atoms with Crippen molar-refractivity contribution in [2.45, 2.75) is 137 Å². The fourth-order valence-corrected chi connectivity index (χ4v) is 10.2. The van der Waals surface area contributed by atoms with Gasteiger partial charge in [-0.3, -0.25) is 28.8 Å². The topological polar surface area (TPSA) is 189 Å². The molecule has 2 aliphatic rings. The molecule has 5 amide bonds. The van der Waals surface area contributed by atoms with Gasteiger partial charge in [0, 0.05) is 101 Å². The Balaban J connectivity index is 1.05. The Labute approximate surface area is 412 Å². The van der Waals surface area contributed by atoms with Gasteiger partial charge in [-0.05, 0) is 104 Å². The van der Waals surface area contributed by atoms with E-state index in [4.69, 9.17) is 0 Å². The van der Waals surface area contributed by atoms with Gasteiger partial charge in [0.05, 0.1) is 6.04 Å². The van der Waals surface area contributed by atoms with Gasteiger partial charge in [0.15, 0.2) is 0 Å². The molecule has 6 N–H and O–H groups in total. The van der Waals surface area contributed by atoms with Crippen molar-refractivity contribution in [3.8, 4) is 0 Å². The van der Waals surface area contributed by atoms with Crippen LogP contribution in [0.3, 0.4) is 0 Å². The summed E-state index contributed by atoms with van der Waals surface area (Å²) in [5.74, 6) is -1.91. The van der Waals surface area contributed by atoms with E-state index >= 15 is 0 Å². The van der Waals surface area contributed by atoms with Crippen LogP contribution in [0.5, 0.6) is 0 Å². The summed E-state index contributed by atoms with van der Waals surface area (Å²) < 4.78 is 0. The van der Waals surface area contributed by atoms with E-state index in [1.807, 2.05) is 121 Å². The summed E-state index contributed by atoms with van der Waals surface area (Å²) in [4.78, 5) is 94.0. The van der Waals surface area contributed by atoms with Crippen LogP contribution in [0.2, 0.25) is 0 Å². The Kier molecular flexibility index (Phi) is 15.7. The number of amides is 5. The molecular weight excluding hydrogens is 881 g/mol. The van der Waals surface area contributed by atoms with E-state index in [-0.39, 0.29) is 84.4 Å². The first-order valence-corrected chi connectivity index (χ1v) is 25.1. The first-order chi connectivity index (χ1) is 33.2. The fourth-order valence-electron chi connectivity index (χ4n) is 10.2. The number of aromatic nitrogens is 2. The number of Topliss-reactive ketones (excluding diaryl/α,β-unsaturated/α-hetero) is 1. The van der Waals surface area contributed by atoms with Gasteiger partial charge in [-0.2, -0.15) is 0 Å². The molecule has 0 radical (unpaired) electrons.